The molecule has 0 spiro atoms. The van der Waals surface area contributed by atoms with Gasteiger partial charge in [0.2, 0.25) is 0 Å². The van der Waals surface area contributed by atoms with Crippen molar-refractivity contribution in [2.45, 2.75) is 38.7 Å². The minimum atomic E-state index is -0.364. The Morgan fingerprint density at radius 1 is 1.28 bits per heavy atom. The number of fused-ring (bicyclic) bond motifs is 1. The Balaban J connectivity index is 1.85. The molecule has 1 atom stereocenters. The van der Waals surface area contributed by atoms with Crippen LogP contribution in [0.2, 0.25) is 0 Å². The fourth-order valence-electron chi connectivity index (χ4n) is 3.04. The smallest absolute Gasteiger partial charge is 0.0854 e. The number of hydrogen-bond donors (Lipinski definition) is 1. The van der Waals surface area contributed by atoms with Gasteiger partial charge >= 0.3 is 0 Å². The van der Waals surface area contributed by atoms with Crippen molar-refractivity contribution in [3.05, 3.63) is 36.2 Å². The maximum absolute atomic E-state index is 10.6. The molecule has 96 valence electrons. The van der Waals surface area contributed by atoms with Gasteiger partial charge < -0.3 is 5.11 Å². The standard InChI is InChI=1S/C15H20N2O/c1-11-5-7-12(8-6-11)15(18)13-10-16-17-9-3-2-4-14(13)17/h2-4,9-12,15,18H,5-8H2,1H3. The summed E-state index contributed by atoms with van der Waals surface area (Å²) in [6.45, 7) is 2.30. The molecule has 1 fully saturated rings. The normalized spacial score (nSPS) is 26.3. The van der Waals surface area contributed by atoms with Gasteiger partial charge in [0.15, 0.2) is 0 Å². The molecule has 0 aliphatic heterocycles. The van der Waals surface area contributed by atoms with E-state index in [0.29, 0.717) is 5.92 Å². The predicted octanol–water partition coefficient (Wildman–Crippen LogP) is 3.19. The van der Waals surface area contributed by atoms with E-state index in [0.717, 1.165) is 29.8 Å². The van der Waals surface area contributed by atoms with Crippen molar-refractivity contribution in [1.82, 2.24) is 9.61 Å². The van der Waals surface area contributed by atoms with E-state index in [2.05, 4.69) is 12.0 Å². The van der Waals surface area contributed by atoms with Crippen LogP contribution in [0.5, 0.6) is 0 Å². The monoisotopic (exact) mass is 244 g/mol. The lowest BCUT2D eigenvalue weighted by Gasteiger charge is -2.29. The van der Waals surface area contributed by atoms with Crippen molar-refractivity contribution in [2.24, 2.45) is 11.8 Å². The first-order valence-corrected chi connectivity index (χ1v) is 6.86. The maximum atomic E-state index is 10.6. The van der Waals surface area contributed by atoms with E-state index in [1.165, 1.54) is 12.8 Å². The molecule has 1 unspecified atom stereocenters. The number of aliphatic hydroxyl groups is 1. The van der Waals surface area contributed by atoms with Gasteiger partial charge in [-0.25, -0.2) is 4.52 Å². The Hall–Kier alpha value is -1.35. The zero-order valence-corrected chi connectivity index (χ0v) is 10.8. The van der Waals surface area contributed by atoms with Crippen LogP contribution in [-0.4, -0.2) is 14.7 Å². The predicted molar refractivity (Wildman–Crippen MR) is 71.3 cm³/mol. The Kier molecular flexibility index (Phi) is 3.08. The zero-order chi connectivity index (χ0) is 12.5. The van der Waals surface area contributed by atoms with Gasteiger partial charge in [-0.3, -0.25) is 0 Å². The highest BCUT2D eigenvalue weighted by Gasteiger charge is 2.27. The van der Waals surface area contributed by atoms with E-state index in [1.807, 2.05) is 35.1 Å². The largest absolute Gasteiger partial charge is 0.388 e. The van der Waals surface area contributed by atoms with Crippen molar-refractivity contribution < 1.29 is 5.11 Å². The van der Waals surface area contributed by atoms with Crippen molar-refractivity contribution >= 4 is 5.52 Å². The third-order valence-electron chi connectivity index (χ3n) is 4.28. The molecule has 2 aromatic heterocycles. The van der Waals surface area contributed by atoms with Crippen LogP contribution in [-0.2, 0) is 0 Å². The molecule has 2 aromatic rings. The first-order chi connectivity index (χ1) is 8.75. The van der Waals surface area contributed by atoms with Crippen molar-refractivity contribution in [3.8, 4) is 0 Å². The summed E-state index contributed by atoms with van der Waals surface area (Å²) in [6, 6.07) is 5.98. The molecule has 1 aliphatic carbocycles. The first kappa shape index (κ1) is 11.7. The quantitative estimate of drug-likeness (QED) is 0.881. The summed E-state index contributed by atoms with van der Waals surface area (Å²) >= 11 is 0. The van der Waals surface area contributed by atoms with E-state index in [4.69, 9.17) is 0 Å². The van der Waals surface area contributed by atoms with Crippen LogP contribution in [0, 0.1) is 11.8 Å². The second kappa shape index (κ2) is 4.73. The maximum Gasteiger partial charge on any atom is 0.0854 e. The van der Waals surface area contributed by atoms with Gasteiger partial charge in [0.05, 0.1) is 17.8 Å². The highest BCUT2D eigenvalue weighted by molar-refractivity contribution is 5.54. The summed E-state index contributed by atoms with van der Waals surface area (Å²) in [4.78, 5) is 0. The van der Waals surface area contributed by atoms with E-state index in [1.54, 1.807) is 0 Å². The molecule has 0 bridgehead atoms. The topological polar surface area (TPSA) is 37.5 Å². The average molecular weight is 244 g/mol. The molecule has 0 aromatic carbocycles. The van der Waals surface area contributed by atoms with Gasteiger partial charge in [-0.05, 0) is 36.8 Å². The van der Waals surface area contributed by atoms with Crippen molar-refractivity contribution in [1.29, 1.82) is 0 Å². The second-order valence-corrected chi connectivity index (χ2v) is 5.60. The minimum absolute atomic E-state index is 0.364. The van der Waals surface area contributed by atoms with Gasteiger partial charge in [-0.15, -0.1) is 0 Å². The molecule has 0 saturated heterocycles. The van der Waals surface area contributed by atoms with Gasteiger partial charge in [0, 0.05) is 11.8 Å². The third-order valence-corrected chi connectivity index (χ3v) is 4.28. The van der Waals surface area contributed by atoms with Crippen LogP contribution in [0.15, 0.2) is 30.6 Å². The number of aromatic nitrogens is 2. The van der Waals surface area contributed by atoms with E-state index >= 15 is 0 Å². The summed E-state index contributed by atoms with van der Waals surface area (Å²) in [5, 5.41) is 14.9. The van der Waals surface area contributed by atoms with Crippen molar-refractivity contribution in [2.75, 3.05) is 0 Å². The molecule has 1 saturated carbocycles. The summed E-state index contributed by atoms with van der Waals surface area (Å²) < 4.78 is 1.84. The first-order valence-electron chi connectivity index (χ1n) is 6.86. The second-order valence-electron chi connectivity index (χ2n) is 5.60. The molecule has 18 heavy (non-hydrogen) atoms. The Bertz CT molecular complexity index is 526. The fourth-order valence-corrected chi connectivity index (χ4v) is 3.04. The number of pyridine rings is 1. The lowest BCUT2D eigenvalue weighted by Crippen LogP contribution is -2.19. The van der Waals surface area contributed by atoms with Crippen molar-refractivity contribution in [3.63, 3.8) is 0 Å². The van der Waals surface area contributed by atoms with Crippen LogP contribution in [0.3, 0.4) is 0 Å². The lowest BCUT2D eigenvalue weighted by molar-refractivity contribution is 0.0766. The van der Waals surface area contributed by atoms with Crippen LogP contribution in [0.25, 0.3) is 5.52 Å². The van der Waals surface area contributed by atoms with Crippen LogP contribution in [0.1, 0.15) is 44.3 Å². The van der Waals surface area contributed by atoms with Crippen LogP contribution >= 0.6 is 0 Å². The molecule has 3 heteroatoms. The SMILES string of the molecule is CC1CCC(C(O)c2cnn3ccccc23)CC1. The number of rotatable bonds is 2. The molecule has 2 heterocycles. The zero-order valence-electron chi connectivity index (χ0n) is 10.8. The average Bonchev–Trinajstić information content (AvgIpc) is 2.82. The molecular weight excluding hydrogens is 224 g/mol. The van der Waals surface area contributed by atoms with E-state index in [-0.39, 0.29) is 6.10 Å². The molecular formula is C15H20N2O. The summed E-state index contributed by atoms with van der Waals surface area (Å²) in [5.74, 6) is 1.21. The Morgan fingerprint density at radius 3 is 2.83 bits per heavy atom. The molecule has 1 aliphatic rings. The van der Waals surface area contributed by atoms with E-state index < -0.39 is 0 Å². The van der Waals surface area contributed by atoms with E-state index in [9.17, 15) is 5.11 Å². The fraction of sp³-hybridized carbons (Fsp3) is 0.533. The molecule has 3 rings (SSSR count). The van der Waals surface area contributed by atoms with Gasteiger partial charge in [0.1, 0.15) is 0 Å². The number of hydrogen-bond acceptors (Lipinski definition) is 2. The Morgan fingerprint density at radius 2 is 2.06 bits per heavy atom. The summed E-state index contributed by atoms with van der Waals surface area (Å²) in [7, 11) is 0. The molecule has 1 N–H and O–H groups in total. The molecule has 3 nitrogen and oxygen atoms in total. The Labute approximate surface area is 107 Å². The molecule has 0 radical (unpaired) electrons. The summed E-state index contributed by atoms with van der Waals surface area (Å²) in [5.41, 5.74) is 2.01. The van der Waals surface area contributed by atoms with Crippen LogP contribution in [0.4, 0.5) is 0 Å². The minimum Gasteiger partial charge on any atom is -0.388 e. The van der Waals surface area contributed by atoms with Gasteiger partial charge in [0.25, 0.3) is 0 Å². The number of aliphatic hydroxyl groups excluding tert-OH is 1. The summed E-state index contributed by atoms with van der Waals surface area (Å²) in [6.07, 6.45) is 8.12. The lowest BCUT2D eigenvalue weighted by atomic mass is 9.79. The van der Waals surface area contributed by atoms with Gasteiger partial charge in [-0.2, -0.15) is 5.10 Å². The highest BCUT2D eigenvalue weighted by atomic mass is 16.3. The van der Waals surface area contributed by atoms with Crippen LogP contribution < -0.4 is 0 Å². The highest BCUT2D eigenvalue weighted by Crippen LogP contribution is 2.37. The number of nitrogens with zero attached hydrogens (tertiary/aromatic N) is 2. The third kappa shape index (κ3) is 2.03. The molecule has 0 amide bonds. The van der Waals surface area contributed by atoms with Gasteiger partial charge in [-0.1, -0.05) is 25.8 Å².